The number of rotatable bonds is 6. The van der Waals surface area contributed by atoms with E-state index in [2.05, 4.69) is 9.71 Å². The number of hydrogen-bond donors (Lipinski definition) is 1. The van der Waals surface area contributed by atoms with Crippen molar-refractivity contribution >= 4 is 33.4 Å². The van der Waals surface area contributed by atoms with Crippen molar-refractivity contribution in [3.05, 3.63) is 48.2 Å². The molecule has 29 heavy (non-hydrogen) atoms. The van der Waals surface area contributed by atoms with Crippen LogP contribution in [-0.2, 0) is 24.3 Å². The van der Waals surface area contributed by atoms with E-state index in [4.69, 9.17) is 9.47 Å². The normalized spacial score (nSPS) is 18.1. The third-order valence-electron chi connectivity index (χ3n) is 4.18. The van der Waals surface area contributed by atoms with Gasteiger partial charge in [-0.3, -0.25) is 4.79 Å². The van der Waals surface area contributed by atoms with Crippen molar-refractivity contribution in [2.45, 2.75) is 20.0 Å². The molecule has 154 valence electrons. The molecule has 0 saturated heterocycles. The molecule has 0 fully saturated rings. The van der Waals surface area contributed by atoms with Gasteiger partial charge in [-0.15, -0.1) is 4.40 Å². The number of fused-ring (bicyclic) bond motifs is 1. The lowest BCUT2D eigenvalue weighted by Crippen LogP contribution is -2.41. The zero-order valence-electron chi connectivity index (χ0n) is 16.0. The van der Waals surface area contributed by atoms with Crippen LogP contribution < -0.4 is 10.1 Å². The number of sulfonamides is 1. The maximum atomic E-state index is 12.6. The number of ether oxygens (including phenoxy) is 2. The molecule has 0 spiro atoms. The van der Waals surface area contributed by atoms with Gasteiger partial charge in [0, 0.05) is 12.7 Å². The topological polar surface area (TPSA) is 114 Å². The first-order valence-corrected chi connectivity index (χ1v) is 10.6. The fraction of sp³-hybridized carbons (Fsp3) is 0.316. The third kappa shape index (κ3) is 4.83. The molecule has 2 aliphatic heterocycles. The van der Waals surface area contributed by atoms with Crippen molar-refractivity contribution in [1.82, 2.24) is 4.90 Å². The van der Waals surface area contributed by atoms with Crippen LogP contribution in [0.4, 0.5) is 5.69 Å². The molecule has 0 aliphatic carbocycles. The summed E-state index contributed by atoms with van der Waals surface area (Å²) in [6, 6.07) is 6.90. The number of anilines is 1. The number of carbonyl (C=O) groups is 2. The SMILES string of the molecule is CCOc1ccccc1NC(=O)[C@@H](C)OC(=O)C1=CC=CN2CCS(=O)(=O)N=C12. The van der Waals surface area contributed by atoms with Gasteiger partial charge < -0.3 is 19.7 Å². The van der Waals surface area contributed by atoms with E-state index in [9.17, 15) is 18.0 Å². The van der Waals surface area contributed by atoms with Crippen molar-refractivity contribution in [3.63, 3.8) is 0 Å². The summed E-state index contributed by atoms with van der Waals surface area (Å²) in [5.41, 5.74) is 0.432. The van der Waals surface area contributed by atoms with Gasteiger partial charge in [-0.1, -0.05) is 12.1 Å². The largest absolute Gasteiger partial charge is 0.492 e. The molecule has 0 bridgehead atoms. The minimum absolute atomic E-state index is 0.00181. The Hall–Kier alpha value is -3.14. The van der Waals surface area contributed by atoms with E-state index < -0.39 is 28.0 Å². The Morgan fingerprint density at radius 3 is 2.83 bits per heavy atom. The van der Waals surface area contributed by atoms with Gasteiger partial charge in [0.05, 0.1) is 18.0 Å². The van der Waals surface area contributed by atoms with Crippen molar-refractivity contribution in [2.24, 2.45) is 4.40 Å². The number of carbonyl (C=O) groups excluding carboxylic acids is 2. The lowest BCUT2D eigenvalue weighted by Gasteiger charge is -2.28. The number of amides is 1. The van der Waals surface area contributed by atoms with Gasteiger partial charge in [0.1, 0.15) is 11.3 Å². The molecular weight excluding hydrogens is 398 g/mol. The fourth-order valence-corrected chi connectivity index (χ4v) is 3.72. The van der Waals surface area contributed by atoms with E-state index in [1.165, 1.54) is 13.0 Å². The molecule has 3 rings (SSSR count). The molecule has 1 N–H and O–H groups in total. The Bertz CT molecular complexity index is 1010. The molecule has 0 saturated carbocycles. The second-order valence-electron chi connectivity index (χ2n) is 6.28. The molecule has 0 unspecified atom stereocenters. The Kier molecular flexibility index (Phi) is 6.02. The quantitative estimate of drug-likeness (QED) is 0.694. The van der Waals surface area contributed by atoms with Crippen molar-refractivity contribution in [2.75, 3.05) is 24.2 Å². The van der Waals surface area contributed by atoms with E-state index in [0.29, 0.717) is 18.0 Å². The van der Waals surface area contributed by atoms with Crippen LogP contribution >= 0.6 is 0 Å². The standard InChI is InChI=1S/C19H21N3O6S/c1-3-27-16-9-5-4-8-15(16)20-18(23)13(2)28-19(24)14-7-6-10-22-11-12-29(25,26)21-17(14)22/h4-10,13H,3,11-12H2,1-2H3,(H,20,23)/t13-/m1/s1. The fourth-order valence-electron chi connectivity index (χ4n) is 2.74. The van der Waals surface area contributed by atoms with Crippen molar-refractivity contribution < 1.29 is 27.5 Å². The molecule has 2 heterocycles. The van der Waals surface area contributed by atoms with E-state index in [0.717, 1.165) is 0 Å². The predicted octanol–water partition coefficient (Wildman–Crippen LogP) is 1.45. The van der Waals surface area contributed by atoms with E-state index in [1.807, 2.05) is 6.92 Å². The Morgan fingerprint density at radius 1 is 1.31 bits per heavy atom. The van der Waals surface area contributed by atoms with Crippen LogP contribution in [0.1, 0.15) is 13.8 Å². The van der Waals surface area contributed by atoms with Gasteiger partial charge in [-0.25, -0.2) is 13.2 Å². The number of benzene rings is 1. The number of nitrogens with one attached hydrogen (secondary N) is 1. The summed E-state index contributed by atoms with van der Waals surface area (Å²) in [6.45, 7) is 3.87. The number of esters is 1. The molecule has 0 radical (unpaired) electrons. The Morgan fingerprint density at radius 2 is 2.07 bits per heavy atom. The third-order valence-corrected chi connectivity index (χ3v) is 5.32. The van der Waals surface area contributed by atoms with Crippen molar-refractivity contribution in [3.8, 4) is 5.75 Å². The highest BCUT2D eigenvalue weighted by Gasteiger charge is 2.32. The zero-order valence-corrected chi connectivity index (χ0v) is 16.8. The minimum Gasteiger partial charge on any atom is -0.492 e. The number of hydrogen-bond acceptors (Lipinski definition) is 7. The summed E-state index contributed by atoms with van der Waals surface area (Å²) in [5.74, 6) is -1.03. The smallest absolute Gasteiger partial charge is 0.342 e. The summed E-state index contributed by atoms with van der Waals surface area (Å²) in [4.78, 5) is 26.6. The van der Waals surface area contributed by atoms with Crippen LogP contribution in [-0.4, -0.2) is 56.0 Å². The van der Waals surface area contributed by atoms with Crippen LogP contribution in [0.3, 0.4) is 0 Å². The first-order valence-electron chi connectivity index (χ1n) is 9.02. The number of allylic oxidation sites excluding steroid dienone is 2. The minimum atomic E-state index is -3.64. The highest BCUT2D eigenvalue weighted by Crippen LogP contribution is 2.24. The first kappa shape index (κ1) is 20.6. The molecule has 0 aromatic heterocycles. The lowest BCUT2D eigenvalue weighted by molar-refractivity contribution is -0.148. The van der Waals surface area contributed by atoms with Gasteiger partial charge in [0.25, 0.3) is 15.9 Å². The van der Waals surface area contributed by atoms with E-state index in [-0.39, 0.29) is 23.7 Å². The van der Waals surface area contributed by atoms with Gasteiger partial charge in [0.15, 0.2) is 11.9 Å². The average Bonchev–Trinajstić information content (AvgIpc) is 2.68. The monoisotopic (exact) mass is 419 g/mol. The Labute approximate surface area is 168 Å². The average molecular weight is 419 g/mol. The van der Waals surface area contributed by atoms with Gasteiger partial charge in [-0.05, 0) is 38.1 Å². The molecular formula is C19H21N3O6S. The predicted molar refractivity (Wildman–Crippen MR) is 107 cm³/mol. The highest BCUT2D eigenvalue weighted by molar-refractivity contribution is 7.90. The lowest BCUT2D eigenvalue weighted by atomic mass is 10.1. The summed E-state index contributed by atoms with van der Waals surface area (Å²) >= 11 is 0. The van der Waals surface area contributed by atoms with Crippen LogP contribution in [0.5, 0.6) is 5.75 Å². The first-order chi connectivity index (χ1) is 13.8. The van der Waals surface area contributed by atoms with Gasteiger partial charge in [-0.2, -0.15) is 0 Å². The maximum absolute atomic E-state index is 12.6. The summed E-state index contributed by atoms with van der Waals surface area (Å²) in [7, 11) is -3.64. The zero-order chi connectivity index (χ0) is 21.0. The number of nitrogens with zero attached hydrogens (tertiary/aromatic N) is 2. The van der Waals surface area contributed by atoms with Gasteiger partial charge >= 0.3 is 5.97 Å². The molecule has 2 aliphatic rings. The van der Waals surface area contributed by atoms with Crippen LogP contribution in [0.2, 0.25) is 0 Å². The number of amidine groups is 1. The summed E-state index contributed by atoms with van der Waals surface area (Å²) < 4.78 is 38.0. The molecule has 9 nitrogen and oxygen atoms in total. The van der Waals surface area contributed by atoms with Crippen LogP contribution in [0, 0.1) is 0 Å². The van der Waals surface area contributed by atoms with Crippen LogP contribution in [0.25, 0.3) is 0 Å². The molecule has 10 heteroatoms. The van der Waals surface area contributed by atoms with E-state index >= 15 is 0 Å². The second kappa shape index (κ2) is 8.48. The summed E-state index contributed by atoms with van der Waals surface area (Å²) in [6.07, 6.45) is 3.51. The maximum Gasteiger partial charge on any atom is 0.342 e. The van der Waals surface area contributed by atoms with Crippen molar-refractivity contribution in [1.29, 1.82) is 0 Å². The van der Waals surface area contributed by atoms with Gasteiger partial charge in [0.2, 0.25) is 0 Å². The molecule has 1 aromatic rings. The highest BCUT2D eigenvalue weighted by atomic mass is 32.2. The number of para-hydroxylation sites is 2. The molecule has 1 amide bonds. The molecule has 1 atom stereocenters. The second-order valence-corrected chi connectivity index (χ2v) is 8.04. The Balaban J connectivity index is 1.70. The van der Waals surface area contributed by atoms with E-state index in [1.54, 1.807) is 41.4 Å². The summed E-state index contributed by atoms with van der Waals surface area (Å²) in [5, 5.41) is 2.66. The van der Waals surface area contributed by atoms with Crippen LogP contribution in [0.15, 0.2) is 52.6 Å². The molecule has 1 aromatic carbocycles.